The van der Waals surface area contributed by atoms with Crippen molar-refractivity contribution < 1.29 is 9.53 Å². The molecule has 0 heterocycles. The van der Waals surface area contributed by atoms with E-state index in [2.05, 4.69) is 0 Å². The van der Waals surface area contributed by atoms with Crippen LogP contribution in [0.5, 0.6) is 5.75 Å². The van der Waals surface area contributed by atoms with Crippen molar-refractivity contribution in [1.82, 2.24) is 4.90 Å². The van der Waals surface area contributed by atoms with Crippen molar-refractivity contribution in [1.29, 1.82) is 0 Å². The van der Waals surface area contributed by atoms with Crippen molar-refractivity contribution in [3.63, 3.8) is 0 Å². The summed E-state index contributed by atoms with van der Waals surface area (Å²) in [5.41, 5.74) is 6.48. The summed E-state index contributed by atoms with van der Waals surface area (Å²) in [5, 5.41) is 0. The standard InChI is InChI=1S/C15H24N2O2/c1-12-5-7-13(8-6-12)19-11-14(18)17(10-9-16)15(2,3)4/h5-8H,9-11,16H2,1-4H3. The second kappa shape index (κ2) is 6.57. The molecule has 0 saturated heterocycles. The van der Waals surface area contributed by atoms with E-state index in [1.807, 2.05) is 52.0 Å². The van der Waals surface area contributed by atoms with Crippen molar-refractivity contribution in [2.45, 2.75) is 33.2 Å². The molecule has 0 fully saturated rings. The second-order valence-electron chi connectivity index (χ2n) is 5.61. The van der Waals surface area contributed by atoms with E-state index in [9.17, 15) is 4.79 Å². The van der Waals surface area contributed by atoms with E-state index in [1.54, 1.807) is 4.90 Å². The Labute approximate surface area is 115 Å². The number of carbonyl (C=O) groups is 1. The first kappa shape index (κ1) is 15.5. The zero-order chi connectivity index (χ0) is 14.5. The van der Waals surface area contributed by atoms with Gasteiger partial charge < -0.3 is 15.4 Å². The monoisotopic (exact) mass is 264 g/mol. The Hall–Kier alpha value is -1.55. The predicted molar refractivity (Wildman–Crippen MR) is 77.2 cm³/mol. The SMILES string of the molecule is Cc1ccc(OCC(=O)N(CCN)C(C)(C)C)cc1. The maximum absolute atomic E-state index is 12.2. The summed E-state index contributed by atoms with van der Waals surface area (Å²) in [6.45, 7) is 9.02. The molecule has 0 atom stereocenters. The first-order valence-corrected chi connectivity index (χ1v) is 6.54. The Kier molecular flexibility index (Phi) is 5.36. The second-order valence-corrected chi connectivity index (χ2v) is 5.61. The summed E-state index contributed by atoms with van der Waals surface area (Å²) in [6, 6.07) is 7.66. The average molecular weight is 264 g/mol. The topological polar surface area (TPSA) is 55.6 Å². The molecular weight excluding hydrogens is 240 g/mol. The number of rotatable bonds is 5. The largest absolute Gasteiger partial charge is 0.484 e. The van der Waals surface area contributed by atoms with Gasteiger partial charge in [-0.25, -0.2) is 0 Å². The van der Waals surface area contributed by atoms with E-state index >= 15 is 0 Å². The Morgan fingerprint density at radius 2 is 1.84 bits per heavy atom. The van der Waals surface area contributed by atoms with Crippen molar-refractivity contribution in [3.05, 3.63) is 29.8 Å². The van der Waals surface area contributed by atoms with E-state index in [-0.39, 0.29) is 18.1 Å². The van der Waals surface area contributed by atoms with Gasteiger partial charge in [-0.15, -0.1) is 0 Å². The highest BCUT2D eigenvalue weighted by Gasteiger charge is 2.25. The first-order valence-electron chi connectivity index (χ1n) is 6.54. The lowest BCUT2D eigenvalue weighted by molar-refractivity contribution is -0.138. The van der Waals surface area contributed by atoms with Crippen LogP contribution >= 0.6 is 0 Å². The Bertz CT molecular complexity index is 407. The molecular formula is C15H24N2O2. The van der Waals surface area contributed by atoms with E-state index in [0.29, 0.717) is 18.8 Å². The summed E-state index contributed by atoms with van der Waals surface area (Å²) in [4.78, 5) is 13.9. The number of aryl methyl sites for hydroxylation is 1. The Morgan fingerprint density at radius 1 is 1.26 bits per heavy atom. The van der Waals surface area contributed by atoms with Crippen LogP contribution in [0, 0.1) is 6.92 Å². The number of hydrogen-bond acceptors (Lipinski definition) is 3. The fourth-order valence-electron chi connectivity index (χ4n) is 1.82. The van der Waals surface area contributed by atoms with Crippen molar-refractivity contribution in [2.24, 2.45) is 5.73 Å². The summed E-state index contributed by atoms with van der Waals surface area (Å²) in [5.74, 6) is 0.666. The molecule has 0 bridgehead atoms. The molecule has 0 aliphatic heterocycles. The minimum Gasteiger partial charge on any atom is -0.484 e. The lowest BCUT2D eigenvalue weighted by atomic mass is 10.1. The summed E-state index contributed by atoms with van der Waals surface area (Å²) >= 11 is 0. The van der Waals surface area contributed by atoms with E-state index in [1.165, 1.54) is 0 Å². The van der Waals surface area contributed by atoms with Gasteiger partial charge in [0, 0.05) is 18.6 Å². The molecule has 0 unspecified atom stereocenters. The fourth-order valence-corrected chi connectivity index (χ4v) is 1.82. The summed E-state index contributed by atoms with van der Waals surface area (Å²) in [6.07, 6.45) is 0. The van der Waals surface area contributed by atoms with E-state index in [4.69, 9.17) is 10.5 Å². The highest BCUT2D eigenvalue weighted by Crippen LogP contribution is 2.15. The molecule has 0 aromatic heterocycles. The van der Waals surface area contributed by atoms with Gasteiger partial charge in [0.2, 0.25) is 0 Å². The van der Waals surface area contributed by atoms with Crippen molar-refractivity contribution in [3.8, 4) is 5.75 Å². The molecule has 0 aliphatic rings. The summed E-state index contributed by atoms with van der Waals surface area (Å²) < 4.78 is 5.51. The molecule has 19 heavy (non-hydrogen) atoms. The third kappa shape index (κ3) is 4.91. The van der Waals surface area contributed by atoms with Crippen LogP contribution in [0.15, 0.2) is 24.3 Å². The van der Waals surface area contributed by atoms with Gasteiger partial charge in [-0.05, 0) is 39.8 Å². The molecule has 1 amide bonds. The minimum absolute atomic E-state index is 0.0420. The number of nitrogens with two attached hydrogens (primary N) is 1. The molecule has 4 nitrogen and oxygen atoms in total. The molecule has 0 aliphatic carbocycles. The lowest BCUT2D eigenvalue weighted by Crippen LogP contribution is -2.49. The van der Waals surface area contributed by atoms with Gasteiger partial charge in [0.05, 0.1) is 0 Å². The van der Waals surface area contributed by atoms with Crippen LogP contribution in [0.3, 0.4) is 0 Å². The van der Waals surface area contributed by atoms with E-state index in [0.717, 1.165) is 5.56 Å². The van der Waals surface area contributed by atoms with Gasteiger partial charge in [-0.2, -0.15) is 0 Å². The van der Waals surface area contributed by atoms with Crippen LogP contribution in [0.4, 0.5) is 0 Å². The van der Waals surface area contributed by atoms with Crippen LogP contribution in [-0.2, 0) is 4.79 Å². The minimum atomic E-state index is -0.243. The number of benzene rings is 1. The third-order valence-corrected chi connectivity index (χ3v) is 2.85. The highest BCUT2D eigenvalue weighted by molar-refractivity contribution is 5.78. The normalized spacial score (nSPS) is 11.2. The lowest BCUT2D eigenvalue weighted by Gasteiger charge is -2.35. The molecule has 2 N–H and O–H groups in total. The Balaban J connectivity index is 2.60. The zero-order valence-corrected chi connectivity index (χ0v) is 12.3. The van der Waals surface area contributed by atoms with Gasteiger partial charge >= 0.3 is 0 Å². The van der Waals surface area contributed by atoms with Gasteiger partial charge in [0.25, 0.3) is 5.91 Å². The molecule has 4 heteroatoms. The maximum Gasteiger partial charge on any atom is 0.260 e. The molecule has 1 aromatic carbocycles. The van der Waals surface area contributed by atoms with Crippen LogP contribution in [-0.4, -0.2) is 36.0 Å². The quantitative estimate of drug-likeness (QED) is 0.884. The zero-order valence-electron chi connectivity index (χ0n) is 12.3. The number of hydrogen-bond donors (Lipinski definition) is 1. The van der Waals surface area contributed by atoms with Crippen LogP contribution < -0.4 is 10.5 Å². The maximum atomic E-state index is 12.2. The van der Waals surface area contributed by atoms with Gasteiger partial charge in [-0.1, -0.05) is 17.7 Å². The van der Waals surface area contributed by atoms with Crippen LogP contribution in [0.2, 0.25) is 0 Å². The molecule has 1 aromatic rings. The highest BCUT2D eigenvalue weighted by atomic mass is 16.5. The summed E-state index contributed by atoms with van der Waals surface area (Å²) in [7, 11) is 0. The predicted octanol–water partition coefficient (Wildman–Crippen LogP) is 1.96. The van der Waals surface area contributed by atoms with Crippen LogP contribution in [0.25, 0.3) is 0 Å². The molecule has 0 radical (unpaired) electrons. The van der Waals surface area contributed by atoms with Gasteiger partial charge in [0.1, 0.15) is 5.75 Å². The molecule has 106 valence electrons. The van der Waals surface area contributed by atoms with Crippen molar-refractivity contribution in [2.75, 3.05) is 19.7 Å². The number of ether oxygens (including phenoxy) is 1. The van der Waals surface area contributed by atoms with Gasteiger partial charge in [-0.3, -0.25) is 4.79 Å². The third-order valence-electron chi connectivity index (χ3n) is 2.85. The molecule has 1 rings (SSSR count). The van der Waals surface area contributed by atoms with Gasteiger partial charge in [0.15, 0.2) is 6.61 Å². The first-order chi connectivity index (χ1) is 8.84. The average Bonchev–Trinajstić information content (AvgIpc) is 2.33. The van der Waals surface area contributed by atoms with Crippen molar-refractivity contribution >= 4 is 5.91 Å². The molecule has 0 spiro atoms. The fraction of sp³-hybridized carbons (Fsp3) is 0.533. The number of amides is 1. The number of carbonyl (C=O) groups excluding carboxylic acids is 1. The Morgan fingerprint density at radius 3 is 2.32 bits per heavy atom. The molecule has 0 saturated carbocycles. The van der Waals surface area contributed by atoms with Crippen LogP contribution in [0.1, 0.15) is 26.3 Å². The van der Waals surface area contributed by atoms with E-state index < -0.39 is 0 Å². The number of nitrogens with zero attached hydrogens (tertiary/aromatic N) is 1. The smallest absolute Gasteiger partial charge is 0.260 e.